The maximum absolute atomic E-state index is 12.7. The van der Waals surface area contributed by atoms with E-state index in [0.29, 0.717) is 6.42 Å². The molecule has 0 radical (unpaired) electrons. The molecule has 39 heavy (non-hydrogen) atoms. The van der Waals surface area contributed by atoms with E-state index < -0.39 is 48.0 Å². The molecule has 0 saturated carbocycles. The number of hydrogen-bond acceptors (Lipinski definition) is 7. The molecule has 0 aliphatic carbocycles. The Labute approximate surface area is 234 Å². The molecule has 0 fully saturated rings. The zero-order valence-electron chi connectivity index (χ0n) is 21.3. The lowest BCUT2D eigenvalue weighted by Crippen LogP contribution is -2.52. The topological polar surface area (TPSA) is 218 Å². The minimum absolute atomic E-state index is 0.0197. The highest BCUT2D eigenvalue weighted by atomic mass is 79.9. The smallest absolute Gasteiger partial charge is 0.243 e. The Balaban J connectivity index is 2.51. The summed E-state index contributed by atoms with van der Waals surface area (Å²) in [5.74, 6) is -3.57. The van der Waals surface area contributed by atoms with E-state index in [1.807, 2.05) is 0 Å². The van der Waals surface area contributed by atoms with Crippen LogP contribution < -0.4 is 37.6 Å². The fourth-order valence-corrected chi connectivity index (χ4v) is 3.22. The third kappa shape index (κ3) is 16.4. The minimum Gasteiger partial charge on any atom is -0.370 e. The standard InChI is InChI=1S/C24H34BrN7O7/c25-12-20(35)28-10-8-19(34)29-13-22(37)30-15-23(38)32-17(11-16-5-2-1-3-6-16)24(39)31-14-21(36)27-9-4-7-18(26)33/h1-3,5-6,17H,4,7-15H2,(H2,26,33)(H,27,36)(H,28,35)(H,29,34)(H,30,37)(H,31,39)(H,32,38)/t17-/m0/s1. The van der Waals surface area contributed by atoms with Crippen LogP contribution in [0.1, 0.15) is 24.8 Å². The molecule has 8 N–H and O–H groups in total. The molecule has 14 nitrogen and oxygen atoms in total. The van der Waals surface area contributed by atoms with Crippen molar-refractivity contribution in [3.05, 3.63) is 35.9 Å². The number of primary amides is 1. The first-order chi connectivity index (χ1) is 18.6. The van der Waals surface area contributed by atoms with Gasteiger partial charge in [0.1, 0.15) is 6.04 Å². The van der Waals surface area contributed by atoms with Crippen LogP contribution in [0.15, 0.2) is 30.3 Å². The van der Waals surface area contributed by atoms with Gasteiger partial charge in [-0.15, -0.1) is 0 Å². The van der Waals surface area contributed by atoms with Crippen LogP contribution in [-0.2, 0) is 40.0 Å². The first-order valence-electron chi connectivity index (χ1n) is 12.1. The van der Waals surface area contributed by atoms with Gasteiger partial charge in [-0.05, 0) is 12.0 Å². The molecule has 0 aliphatic rings. The van der Waals surface area contributed by atoms with Gasteiger partial charge in [0.05, 0.1) is 25.0 Å². The van der Waals surface area contributed by atoms with Crippen molar-refractivity contribution in [3.63, 3.8) is 0 Å². The van der Waals surface area contributed by atoms with Gasteiger partial charge in [-0.3, -0.25) is 33.6 Å². The molecule has 0 unspecified atom stereocenters. The first kappa shape index (κ1) is 33.0. The molecule has 0 saturated heterocycles. The molecule has 1 aromatic carbocycles. The predicted octanol–water partition coefficient (Wildman–Crippen LogP) is -2.65. The van der Waals surface area contributed by atoms with Crippen molar-refractivity contribution >= 4 is 57.3 Å². The highest BCUT2D eigenvalue weighted by molar-refractivity contribution is 9.09. The van der Waals surface area contributed by atoms with E-state index in [2.05, 4.69) is 47.8 Å². The quantitative estimate of drug-likeness (QED) is 0.0689. The summed E-state index contributed by atoms with van der Waals surface area (Å²) in [4.78, 5) is 82.7. The van der Waals surface area contributed by atoms with Crippen LogP contribution in [0, 0.1) is 0 Å². The minimum atomic E-state index is -1.03. The van der Waals surface area contributed by atoms with Gasteiger partial charge in [0, 0.05) is 32.4 Å². The van der Waals surface area contributed by atoms with Gasteiger partial charge >= 0.3 is 0 Å². The number of carbonyl (C=O) groups excluding carboxylic acids is 7. The molecule has 1 atom stereocenters. The molecule has 0 bridgehead atoms. The van der Waals surface area contributed by atoms with Crippen LogP contribution in [0.5, 0.6) is 0 Å². The van der Waals surface area contributed by atoms with E-state index in [-0.39, 0.29) is 56.7 Å². The number of hydrogen-bond donors (Lipinski definition) is 7. The Hall–Kier alpha value is -4.01. The zero-order chi connectivity index (χ0) is 29.0. The third-order valence-corrected chi connectivity index (χ3v) is 5.48. The predicted molar refractivity (Wildman–Crippen MR) is 144 cm³/mol. The van der Waals surface area contributed by atoms with Crippen molar-refractivity contribution in [1.29, 1.82) is 0 Å². The second-order valence-electron chi connectivity index (χ2n) is 8.23. The average molecular weight is 612 g/mol. The fraction of sp³-hybridized carbons (Fsp3) is 0.458. The van der Waals surface area contributed by atoms with Crippen molar-refractivity contribution in [3.8, 4) is 0 Å². The summed E-state index contributed by atoms with van der Waals surface area (Å²) in [5.41, 5.74) is 5.80. The van der Waals surface area contributed by atoms with Crippen LogP contribution in [0.3, 0.4) is 0 Å². The second-order valence-corrected chi connectivity index (χ2v) is 8.80. The fourth-order valence-electron chi connectivity index (χ4n) is 3.02. The maximum atomic E-state index is 12.7. The van der Waals surface area contributed by atoms with Crippen LogP contribution in [0.2, 0.25) is 0 Å². The summed E-state index contributed by atoms with van der Waals surface area (Å²) >= 11 is 2.98. The van der Waals surface area contributed by atoms with Crippen LogP contribution in [0.25, 0.3) is 0 Å². The molecule has 214 valence electrons. The zero-order valence-corrected chi connectivity index (χ0v) is 22.9. The van der Waals surface area contributed by atoms with Gasteiger partial charge < -0.3 is 37.6 Å². The van der Waals surface area contributed by atoms with E-state index in [9.17, 15) is 33.6 Å². The summed E-state index contributed by atoms with van der Waals surface area (Å²) in [6, 6.07) is 7.86. The van der Waals surface area contributed by atoms with Crippen molar-refractivity contribution in [2.24, 2.45) is 5.73 Å². The first-order valence-corrected chi connectivity index (χ1v) is 13.2. The number of halogens is 1. The third-order valence-electron chi connectivity index (χ3n) is 4.97. The number of amides is 7. The van der Waals surface area contributed by atoms with Crippen molar-refractivity contribution in [1.82, 2.24) is 31.9 Å². The Morgan fingerprint density at radius 1 is 0.692 bits per heavy atom. The normalized spacial score (nSPS) is 10.9. The van der Waals surface area contributed by atoms with E-state index in [1.165, 1.54) is 0 Å². The highest BCUT2D eigenvalue weighted by Crippen LogP contribution is 2.03. The molecule has 15 heteroatoms. The Morgan fingerprint density at radius 2 is 1.28 bits per heavy atom. The number of nitrogens with one attached hydrogen (secondary N) is 6. The molecule has 0 spiro atoms. The summed E-state index contributed by atoms with van der Waals surface area (Å²) in [6.07, 6.45) is 0.604. The molecule has 7 amide bonds. The SMILES string of the molecule is NC(=O)CCCNC(=O)CNC(=O)[C@H](Cc1ccccc1)NC(=O)CNC(=O)CNC(=O)CCNC(=O)CBr. The lowest BCUT2D eigenvalue weighted by molar-refractivity contribution is -0.131. The molecular formula is C24H34BrN7O7. The van der Waals surface area contributed by atoms with Gasteiger partial charge in [-0.2, -0.15) is 0 Å². The Bertz CT molecular complexity index is 1010. The molecule has 0 aliphatic heterocycles. The van der Waals surface area contributed by atoms with E-state index in [4.69, 9.17) is 5.73 Å². The van der Waals surface area contributed by atoms with Gasteiger partial charge in [0.2, 0.25) is 41.4 Å². The number of carbonyl (C=O) groups is 7. The number of alkyl halides is 1. The molecule has 1 rings (SSSR count). The average Bonchev–Trinajstić information content (AvgIpc) is 2.91. The molecule has 0 heterocycles. The number of nitrogens with two attached hydrogens (primary N) is 1. The highest BCUT2D eigenvalue weighted by Gasteiger charge is 2.22. The number of benzene rings is 1. The summed E-state index contributed by atoms with van der Waals surface area (Å²) in [7, 11) is 0. The summed E-state index contributed by atoms with van der Waals surface area (Å²) < 4.78 is 0. The van der Waals surface area contributed by atoms with E-state index >= 15 is 0 Å². The van der Waals surface area contributed by atoms with E-state index in [1.54, 1.807) is 30.3 Å². The van der Waals surface area contributed by atoms with Crippen LogP contribution in [-0.4, -0.2) is 85.4 Å². The molecule has 0 aromatic heterocycles. The van der Waals surface area contributed by atoms with Crippen molar-refractivity contribution < 1.29 is 33.6 Å². The molecule has 1 aromatic rings. The van der Waals surface area contributed by atoms with Crippen LogP contribution >= 0.6 is 15.9 Å². The summed E-state index contributed by atoms with van der Waals surface area (Å²) in [6.45, 7) is -0.833. The Kier molecular flexibility index (Phi) is 16.2. The lowest BCUT2D eigenvalue weighted by Gasteiger charge is -2.19. The van der Waals surface area contributed by atoms with Crippen LogP contribution in [0.4, 0.5) is 0 Å². The monoisotopic (exact) mass is 611 g/mol. The van der Waals surface area contributed by atoms with Gasteiger partial charge in [-0.25, -0.2) is 0 Å². The summed E-state index contributed by atoms with van der Waals surface area (Å²) in [5, 5.41) is 14.9. The molecular weight excluding hydrogens is 578 g/mol. The number of rotatable bonds is 18. The van der Waals surface area contributed by atoms with Gasteiger partial charge in [-0.1, -0.05) is 46.3 Å². The van der Waals surface area contributed by atoms with Gasteiger partial charge in [0.25, 0.3) is 0 Å². The lowest BCUT2D eigenvalue weighted by atomic mass is 10.1. The largest absolute Gasteiger partial charge is 0.370 e. The van der Waals surface area contributed by atoms with Gasteiger partial charge in [0.15, 0.2) is 0 Å². The Morgan fingerprint density at radius 3 is 1.95 bits per heavy atom. The van der Waals surface area contributed by atoms with Crippen molar-refractivity contribution in [2.45, 2.75) is 31.7 Å². The van der Waals surface area contributed by atoms with Crippen molar-refractivity contribution in [2.75, 3.05) is 38.1 Å². The second kappa shape index (κ2) is 19.1. The maximum Gasteiger partial charge on any atom is 0.243 e. The van der Waals surface area contributed by atoms with E-state index in [0.717, 1.165) is 5.56 Å².